The van der Waals surface area contributed by atoms with Gasteiger partial charge in [-0.05, 0) is 49.3 Å². The van der Waals surface area contributed by atoms with Gasteiger partial charge in [0.2, 0.25) is 0 Å². The van der Waals surface area contributed by atoms with E-state index in [0.29, 0.717) is 6.54 Å². The van der Waals surface area contributed by atoms with Crippen LogP contribution in [-0.4, -0.2) is 33.5 Å². The average molecular weight is 318 g/mol. The summed E-state index contributed by atoms with van der Waals surface area (Å²) in [5, 5.41) is 8.76. The Kier molecular flexibility index (Phi) is 3.98. The van der Waals surface area contributed by atoms with Crippen molar-refractivity contribution in [1.82, 2.24) is 15.1 Å². The lowest BCUT2D eigenvalue weighted by Crippen LogP contribution is -2.38. The van der Waals surface area contributed by atoms with Gasteiger partial charge in [0.05, 0.1) is 16.6 Å². The van der Waals surface area contributed by atoms with Crippen molar-refractivity contribution in [2.24, 2.45) is 5.73 Å². The van der Waals surface area contributed by atoms with Gasteiger partial charge in [0.1, 0.15) is 5.69 Å². The fraction of sp³-hybridized carbons (Fsp3) is 0.400. The van der Waals surface area contributed by atoms with Crippen LogP contribution < -0.4 is 5.73 Å². The summed E-state index contributed by atoms with van der Waals surface area (Å²) in [6, 6.07) is 3.49. The van der Waals surface area contributed by atoms with E-state index in [9.17, 15) is 9.59 Å². The first-order chi connectivity index (χ1) is 10.6. The van der Waals surface area contributed by atoms with Gasteiger partial charge in [-0.1, -0.05) is 0 Å². The van der Waals surface area contributed by atoms with Crippen LogP contribution in [0.3, 0.4) is 0 Å². The average Bonchev–Trinajstić information content (AvgIpc) is 3.15. The summed E-state index contributed by atoms with van der Waals surface area (Å²) in [4.78, 5) is 26.6. The van der Waals surface area contributed by atoms with Crippen molar-refractivity contribution >= 4 is 23.2 Å². The predicted octanol–water partition coefficient (Wildman–Crippen LogP) is 2.25. The molecule has 0 saturated carbocycles. The van der Waals surface area contributed by atoms with E-state index in [1.54, 1.807) is 6.07 Å². The van der Waals surface area contributed by atoms with Crippen LogP contribution in [0.15, 0.2) is 17.5 Å². The van der Waals surface area contributed by atoms with Crippen LogP contribution in [-0.2, 0) is 0 Å². The van der Waals surface area contributed by atoms with Crippen LogP contribution in [0.25, 0.3) is 0 Å². The Morgan fingerprint density at radius 1 is 1.41 bits per heavy atom. The number of nitrogens with zero attached hydrogens (tertiary/aromatic N) is 2. The normalized spacial score (nSPS) is 18.4. The minimum Gasteiger partial charge on any atom is -0.364 e. The van der Waals surface area contributed by atoms with Crippen LogP contribution in [0.4, 0.5) is 0 Å². The van der Waals surface area contributed by atoms with Gasteiger partial charge in [0, 0.05) is 6.54 Å². The predicted molar refractivity (Wildman–Crippen MR) is 83.8 cm³/mol. The van der Waals surface area contributed by atoms with Crippen molar-refractivity contribution in [2.45, 2.75) is 32.2 Å². The van der Waals surface area contributed by atoms with Gasteiger partial charge in [-0.3, -0.25) is 14.7 Å². The number of hydrogen-bond acceptors (Lipinski definition) is 4. The summed E-state index contributed by atoms with van der Waals surface area (Å²) >= 11 is 1.47. The first-order valence-corrected chi connectivity index (χ1v) is 8.15. The highest BCUT2D eigenvalue weighted by molar-refractivity contribution is 7.12. The molecule has 0 aromatic carbocycles. The molecule has 0 aliphatic carbocycles. The van der Waals surface area contributed by atoms with Gasteiger partial charge in [-0.2, -0.15) is 5.10 Å². The molecule has 22 heavy (non-hydrogen) atoms. The Morgan fingerprint density at radius 2 is 2.23 bits per heavy atom. The highest BCUT2D eigenvalue weighted by Crippen LogP contribution is 2.32. The summed E-state index contributed by atoms with van der Waals surface area (Å²) in [6.07, 6.45) is 2.89. The second-order valence-corrected chi connectivity index (χ2v) is 6.48. The quantitative estimate of drug-likeness (QED) is 0.909. The summed E-state index contributed by atoms with van der Waals surface area (Å²) < 4.78 is 0. The third-order valence-corrected chi connectivity index (χ3v) is 4.95. The minimum absolute atomic E-state index is 0.0398. The van der Waals surface area contributed by atoms with Crippen molar-refractivity contribution in [2.75, 3.05) is 6.54 Å². The number of nitrogens with one attached hydrogen (secondary N) is 1. The standard InChI is InChI=1S/C15H18N4O2S/c1-9-6-13(22-8-9)15(21)19-5-3-2-4-12(19)10-7-11(14(16)20)18-17-10/h6-8,12H,2-5H2,1H3,(H2,16,20)(H,17,18)/t12-/m0/s1. The fourth-order valence-electron chi connectivity index (χ4n) is 2.82. The third kappa shape index (κ3) is 2.76. The lowest BCUT2D eigenvalue weighted by Gasteiger charge is -2.34. The van der Waals surface area contributed by atoms with Crippen LogP contribution >= 0.6 is 11.3 Å². The number of nitrogens with two attached hydrogens (primary N) is 1. The molecular formula is C15H18N4O2S. The van der Waals surface area contributed by atoms with Crippen molar-refractivity contribution in [3.8, 4) is 0 Å². The van der Waals surface area contributed by atoms with Crippen molar-refractivity contribution in [3.63, 3.8) is 0 Å². The lowest BCUT2D eigenvalue weighted by atomic mass is 9.99. The number of H-pyrrole nitrogens is 1. The van der Waals surface area contributed by atoms with Crippen molar-refractivity contribution in [3.05, 3.63) is 39.3 Å². The third-order valence-electron chi connectivity index (χ3n) is 3.91. The fourth-order valence-corrected chi connectivity index (χ4v) is 3.67. The number of aromatic amines is 1. The molecule has 1 atom stereocenters. The van der Waals surface area contributed by atoms with E-state index < -0.39 is 5.91 Å². The summed E-state index contributed by atoms with van der Waals surface area (Å²) in [5.41, 5.74) is 7.32. The summed E-state index contributed by atoms with van der Waals surface area (Å²) in [7, 11) is 0. The number of piperidine rings is 1. The summed E-state index contributed by atoms with van der Waals surface area (Å²) in [6.45, 7) is 2.69. The Labute approximate surface area is 132 Å². The number of primary amides is 1. The van der Waals surface area contributed by atoms with E-state index in [-0.39, 0.29) is 17.6 Å². The first kappa shape index (κ1) is 14.8. The van der Waals surface area contributed by atoms with E-state index in [2.05, 4.69) is 10.2 Å². The molecule has 2 aromatic heterocycles. The van der Waals surface area contributed by atoms with Gasteiger partial charge < -0.3 is 10.6 Å². The Bertz CT molecular complexity index is 706. The smallest absolute Gasteiger partial charge is 0.269 e. The van der Waals surface area contributed by atoms with E-state index in [4.69, 9.17) is 5.73 Å². The van der Waals surface area contributed by atoms with Crippen LogP contribution in [0.5, 0.6) is 0 Å². The van der Waals surface area contributed by atoms with E-state index in [1.807, 2.05) is 23.3 Å². The Balaban J connectivity index is 1.87. The Hall–Kier alpha value is -2.15. The van der Waals surface area contributed by atoms with Gasteiger partial charge in [-0.25, -0.2) is 0 Å². The summed E-state index contributed by atoms with van der Waals surface area (Å²) in [5.74, 6) is -0.525. The maximum Gasteiger partial charge on any atom is 0.269 e. The Morgan fingerprint density at radius 3 is 2.86 bits per heavy atom. The number of carbonyl (C=O) groups excluding carboxylic acids is 2. The molecule has 2 amide bonds. The molecule has 116 valence electrons. The second kappa shape index (κ2) is 5.92. The maximum absolute atomic E-state index is 12.7. The number of likely N-dealkylation sites (tertiary alicyclic amines) is 1. The molecule has 1 aliphatic rings. The molecule has 2 aromatic rings. The molecular weight excluding hydrogens is 300 g/mol. The largest absolute Gasteiger partial charge is 0.364 e. The molecule has 0 bridgehead atoms. The minimum atomic E-state index is -0.565. The van der Waals surface area contributed by atoms with Gasteiger partial charge in [0.15, 0.2) is 0 Å². The molecule has 3 rings (SSSR count). The number of aromatic nitrogens is 2. The molecule has 0 radical (unpaired) electrons. The van der Waals surface area contributed by atoms with Crippen molar-refractivity contribution in [1.29, 1.82) is 0 Å². The SMILES string of the molecule is Cc1csc(C(=O)N2CCCC[C@H]2c2cc(C(N)=O)n[nH]2)c1. The number of hydrogen-bond donors (Lipinski definition) is 2. The van der Waals surface area contributed by atoms with E-state index >= 15 is 0 Å². The molecule has 3 N–H and O–H groups in total. The molecule has 1 aliphatic heterocycles. The van der Waals surface area contributed by atoms with Gasteiger partial charge >= 0.3 is 0 Å². The molecule has 0 unspecified atom stereocenters. The molecule has 1 saturated heterocycles. The zero-order valence-corrected chi connectivity index (χ0v) is 13.2. The van der Waals surface area contributed by atoms with Crippen LogP contribution in [0.1, 0.15) is 56.7 Å². The van der Waals surface area contributed by atoms with E-state index in [1.165, 1.54) is 11.3 Å². The first-order valence-electron chi connectivity index (χ1n) is 7.27. The van der Waals surface area contributed by atoms with Crippen LogP contribution in [0, 0.1) is 6.92 Å². The zero-order valence-electron chi connectivity index (χ0n) is 12.3. The highest BCUT2D eigenvalue weighted by Gasteiger charge is 2.30. The number of rotatable bonds is 3. The zero-order chi connectivity index (χ0) is 15.7. The van der Waals surface area contributed by atoms with Crippen LogP contribution in [0.2, 0.25) is 0 Å². The number of carbonyl (C=O) groups is 2. The van der Waals surface area contributed by atoms with Crippen molar-refractivity contribution < 1.29 is 9.59 Å². The number of thiophene rings is 1. The number of aryl methyl sites for hydroxylation is 1. The van der Waals surface area contributed by atoms with Gasteiger partial charge in [-0.15, -0.1) is 11.3 Å². The molecule has 6 nitrogen and oxygen atoms in total. The monoisotopic (exact) mass is 318 g/mol. The second-order valence-electron chi connectivity index (χ2n) is 5.57. The lowest BCUT2D eigenvalue weighted by molar-refractivity contribution is 0.0611. The maximum atomic E-state index is 12.7. The topological polar surface area (TPSA) is 92.1 Å². The van der Waals surface area contributed by atoms with Gasteiger partial charge in [0.25, 0.3) is 11.8 Å². The molecule has 3 heterocycles. The molecule has 0 spiro atoms. The highest BCUT2D eigenvalue weighted by atomic mass is 32.1. The van der Waals surface area contributed by atoms with E-state index in [0.717, 1.165) is 35.4 Å². The molecule has 7 heteroatoms. The number of amides is 2. The molecule has 1 fully saturated rings.